The summed E-state index contributed by atoms with van der Waals surface area (Å²) in [5.74, 6) is -0.0357. The highest BCUT2D eigenvalue weighted by Crippen LogP contribution is 1.96. The van der Waals surface area contributed by atoms with E-state index < -0.39 is 0 Å². The van der Waals surface area contributed by atoms with Crippen LogP contribution in [-0.2, 0) is 11.2 Å². The number of pyridine rings is 1. The van der Waals surface area contributed by atoms with Crippen LogP contribution in [0.2, 0.25) is 0 Å². The monoisotopic (exact) mass is 194 g/mol. The smallest absolute Gasteiger partial charge is 0.224 e. The summed E-state index contributed by atoms with van der Waals surface area (Å²) in [6.07, 6.45) is 4.29. The molecule has 1 aromatic rings. The maximum Gasteiger partial charge on any atom is 0.224 e. The van der Waals surface area contributed by atoms with Crippen molar-refractivity contribution in [2.24, 2.45) is 0 Å². The maximum absolute atomic E-state index is 11.3. The number of aliphatic hydroxyl groups is 1. The minimum atomic E-state index is -0.0357. The predicted octanol–water partition coefficient (Wildman–Crippen LogP) is 0.123. The Hall–Kier alpha value is -1.42. The van der Waals surface area contributed by atoms with Gasteiger partial charge in [0, 0.05) is 25.5 Å². The normalized spacial score (nSPS) is 9.79. The minimum absolute atomic E-state index is 0.0357. The molecule has 1 rings (SSSR count). The first kappa shape index (κ1) is 10.7. The Bertz CT molecular complexity index is 275. The molecule has 1 heterocycles. The molecule has 1 amide bonds. The minimum Gasteiger partial charge on any atom is -0.396 e. The molecule has 0 saturated heterocycles. The van der Waals surface area contributed by atoms with E-state index in [4.69, 9.17) is 5.11 Å². The van der Waals surface area contributed by atoms with Gasteiger partial charge in [0.05, 0.1) is 6.42 Å². The lowest BCUT2D eigenvalue weighted by Gasteiger charge is -2.03. The highest BCUT2D eigenvalue weighted by molar-refractivity contribution is 5.78. The summed E-state index contributed by atoms with van der Waals surface area (Å²) in [7, 11) is 0. The third kappa shape index (κ3) is 4.00. The van der Waals surface area contributed by atoms with Crippen molar-refractivity contribution in [1.29, 1.82) is 0 Å². The van der Waals surface area contributed by atoms with E-state index in [1.54, 1.807) is 18.5 Å². The van der Waals surface area contributed by atoms with Gasteiger partial charge in [-0.2, -0.15) is 0 Å². The molecule has 4 nitrogen and oxygen atoms in total. The number of nitrogens with zero attached hydrogens (tertiary/aromatic N) is 1. The van der Waals surface area contributed by atoms with Gasteiger partial charge in [0.15, 0.2) is 0 Å². The van der Waals surface area contributed by atoms with Crippen LogP contribution in [0.5, 0.6) is 0 Å². The molecule has 0 fully saturated rings. The molecule has 1 aromatic heterocycles. The average Bonchev–Trinajstić information content (AvgIpc) is 2.20. The Morgan fingerprint density at radius 1 is 1.57 bits per heavy atom. The highest BCUT2D eigenvalue weighted by Gasteiger charge is 2.01. The second-order valence-corrected chi connectivity index (χ2v) is 2.97. The van der Waals surface area contributed by atoms with Gasteiger partial charge in [-0.15, -0.1) is 0 Å². The van der Waals surface area contributed by atoms with E-state index in [1.807, 2.05) is 6.07 Å². The molecule has 4 heteroatoms. The third-order valence-corrected chi connectivity index (χ3v) is 1.74. The number of carbonyl (C=O) groups excluding carboxylic acids is 1. The summed E-state index contributed by atoms with van der Waals surface area (Å²) < 4.78 is 0. The standard InChI is InChI=1S/C10H14N2O2/c13-6-2-5-12-10(14)7-9-3-1-4-11-8-9/h1,3-4,8,13H,2,5-7H2,(H,12,14). The lowest BCUT2D eigenvalue weighted by atomic mass is 10.2. The number of hydrogen-bond donors (Lipinski definition) is 2. The molecule has 0 unspecified atom stereocenters. The number of aromatic nitrogens is 1. The van der Waals surface area contributed by atoms with Crippen LogP contribution in [-0.4, -0.2) is 29.1 Å². The van der Waals surface area contributed by atoms with Crippen molar-refractivity contribution in [2.45, 2.75) is 12.8 Å². The van der Waals surface area contributed by atoms with Gasteiger partial charge >= 0.3 is 0 Å². The summed E-state index contributed by atoms with van der Waals surface area (Å²) in [5, 5.41) is 11.2. The Balaban J connectivity index is 2.27. The van der Waals surface area contributed by atoms with Crippen molar-refractivity contribution in [2.75, 3.05) is 13.2 Å². The fourth-order valence-corrected chi connectivity index (χ4v) is 1.06. The Morgan fingerprint density at radius 3 is 3.07 bits per heavy atom. The molecule has 0 saturated carbocycles. The van der Waals surface area contributed by atoms with E-state index >= 15 is 0 Å². The van der Waals surface area contributed by atoms with E-state index in [0.717, 1.165) is 5.56 Å². The first-order valence-electron chi connectivity index (χ1n) is 4.59. The van der Waals surface area contributed by atoms with Crippen LogP contribution in [0.15, 0.2) is 24.5 Å². The maximum atomic E-state index is 11.3. The van der Waals surface area contributed by atoms with Gasteiger partial charge in [0.25, 0.3) is 0 Å². The molecule has 0 atom stereocenters. The first-order valence-corrected chi connectivity index (χ1v) is 4.59. The molecule has 14 heavy (non-hydrogen) atoms. The lowest BCUT2D eigenvalue weighted by Crippen LogP contribution is -2.26. The van der Waals surface area contributed by atoms with E-state index in [9.17, 15) is 4.79 Å². The zero-order valence-electron chi connectivity index (χ0n) is 7.94. The number of hydrogen-bond acceptors (Lipinski definition) is 3. The van der Waals surface area contributed by atoms with Crippen LogP contribution in [0.4, 0.5) is 0 Å². The molecular formula is C10H14N2O2. The molecule has 0 radical (unpaired) electrons. The second kappa shape index (κ2) is 6.10. The number of carbonyl (C=O) groups is 1. The van der Waals surface area contributed by atoms with Crippen molar-refractivity contribution >= 4 is 5.91 Å². The van der Waals surface area contributed by atoms with Gasteiger partial charge in [0.2, 0.25) is 5.91 Å². The molecule has 0 aliphatic carbocycles. The molecule has 0 aliphatic heterocycles. The third-order valence-electron chi connectivity index (χ3n) is 1.74. The van der Waals surface area contributed by atoms with Crippen LogP contribution in [0.3, 0.4) is 0 Å². The van der Waals surface area contributed by atoms with Crippen molar-refractivity contribution < 1.29 is 9.90 Å². The van der Waals surface area contributed by atoms with Crippen molar-refractivity contribution in [1.82, 2.24) is 10.3 Å². The molecule has 0 spiro atoms. The van der Waals surface area contributed by atoms with Gasteiger partial charge < -0.3 is 10.4 Å². The van der Waals surface area contributed by atoms with Crippen LogP contribution in [0, 0.1) is 0 Å². The number of nitrogens with one attached hydrogen (secondary N) is 1. The fourth-order valence-electron chi connectivity index (χ4n) is 1.06. The molecular weight excluding hydrogens is 180 g/mol. The number of rotatable bonds is 5. The Kier molecular flexibility index (Phi) is 4.64. The topological polar surface area (TPSA) is 62.2 Å². The van der Waals surface area contributed by atoms with Gasteiger partial charge in [-0.1, -0.05) is 6.07 Å². The van der Waals surface area contributed by atoms with Crippen molar-refractivity contribution in [3.8, 4) is 0 Å². The van der Waals surface area contributed by atoms with Gasteiger partial charge in [-0.3, -0.25) is 9.78 Å². The predicted molar refractivity (Wildman–Crippen MR) is 52.7 cm³/mol. The number of amides is 1. The van der Waals surface area contributed by atoms with E-state index in [0.29, 0.717) is 19.4 Å². The van der Waals surface area contributed by atoms with Crippen LogP contribution in [0.1, 0.15) is 12.0 Å². The number of aliphatic hydroxyl groups excluding tert-OH is 1. The summed E-state index contributed by atoms with van der Waals surface area (Å²) in [5.41, 5.74) is 0.897. The largest absolute Gasteiger partial charge is 0.396 e. The average molecular weight is 194 g/mol. The summed E-state index contributed by atoms with van der Waals surface area (Å²) in [6, 6.07) is 3.66. The van der Waals surface area contributed by atoms with Gasteiger partial charge in [-0.05, 0) is 18.1 Å². The fraction of sp³-hybridized carbons (Fsp3) is 0.400. The summed E-state index contributed by atoms with van der Waals surface area (Å²) in [4.78, 5) is 15.2. The zero-order valence-corrected chi connectivity index (χ0v) is 7.94. The van der Waals surface area contributed by atoms with Crippen molar-refractivity contribution in [3.05, 3.63) is 30.1 Å². The second-order valence-electron chi connectivity index (χ2n) is 2.97. The van der Waals surface area contributed by atoms with Crippen LogP contribution < -0.4 is 5.32 Å². The van der Waals surface area contributed by atoms with Crippen LogP contribution >= 0.6 is 0 Å². The highest BCUT2D eigenvalue weighted by atomic mass is 16.3. The Labute approximate surface area is 83.0 Å². The van der Waals surface area contributed by atoms with E-state index in [2.05, 4.69) is 10.3 Å². The molecule has 76 valence electrons. The van der Waals surface area contributed by atoms with Crippen LogP contribution in [0.25, 0.3) is 0 Å². The molecule has 2 N–H and O–H groups in total. The molecule has 0 aliphatic rings. The van der Waals surface area contributed by atoms with Crippen molar-refractivity contribution in [3.63, 3.8) is 0 Å². The van der Waals surface area contributed by atoms with E-state index in [-0.39, 0.29) is 12.5 Å². The molecule has 0 bridgehead atoms. The quantitative estimate of drug-likeness (QED) is 0.654. The zero-order chi connectivity index (χ0) is 10.2. The summed E-state index contributed by atoms with van der Waals surface area (Å²) >= 11 is 0. The SMILES string of the molecule is O=C(Cc1cccnc1)NCCCO. The lowest BCUT2D eigenvalue weighted by molar-refractivity contribution is -0.120. The van der Waals surface area contributed by atoms with Gasteiger partial charge in [-0.25, -0.2) is 0 Å². The first-order chi connectivity index (χ1) is 6.83. The summed E-state index contributed by atoms with van der Waals surface area (Å²) in [6.45, 7) is 0.628. The van der Waals surface area contributed by atoms with E-state index in [1.165, 1.54) is 0 Å². The molecule has 0 aromatic carbocycles. The Morgan fingerprint density at radius 2 is 2.43 bits per heavy atom. The van der Waals surface area contributed by atoms with Gasteiger partial charge in [0.1, 0.15) is 0 Å².